The van der Waals surface area contributed by atoms with Crippen LogP contribution in [-0.4, -0.2) is 29.8 Å². The van der Waals surface area contributed by atoms with E-state index >= 15 is 0 Å². The van der Waals surface area contributed by atoms with Crippen LogP contribution in [0.25, 0.3) is 0 Å². The van der Waals surface area contributed by atoms with E-state index in [1.165, 1.54) is 4.90 Å². The number of halogens is 3. The van der Waals surface area contributed by atoms with Crippen LogP contribution in [-0.2, 0) is 11.2 Å². The first-order valence-electron chi connectivity index (χ1n) is 5.36. The van der Waals surface area contributed by atoms with Crippen molar-refractivity contribution in [2.24, 2.45) is 0 Å². The second-order valence-corrected chi connectivity index (χ2v) is 5.47. The minimum atomic E-state index is -2.71. The second-order valence-electron chi connectivity index (χ2n) is 4.22. The Labute approximate surface area is 112 Å². The van der Waals surface area contributed by atoms with E-state index in [-0.39, 0.29) is 25.3 Å². The summed E-state index contributed by atoms with van der Waals surface area (Å²) in [6.45, 7) is -0.271. The van der Waals surface area contributed by atoms with E-state index in [1.54, 1.807) is 0 Å². The molecule has 92 valence electrons. The molecule has 0 bridgehead atoms. The number of nitrogens with zero attached hydrogens (tertiary/aromatic N) is 1. The number of likely N-dealkylation sites (tertiary alicyclic amines) is 1. The Bertz CT molecular complexity index is 419. The van der Waals surface area contributed by atoms with Crippen LogP contribution < -0.4 is 0 Å². The molecular formula is C12H12F2INO. The second kappa shape index (κ2) is 4.88. The molecule has 1 aromatic rings. The Morgan fingerprint density at radius 1 is 1.35 bits per heavy atom. The lowest BCUT2D eigenvalue weighted by Gasteiger charge is -2.15. The highest BCUT2D eigenvalue weighted by Crippen LogP contribution is 2.27. The van der Waals surface area contributed by atoms with Gasteiger partial charge >= 0.3 is 0 Å². The quantitative estimate of drug-likeness (QED) is 0.751. The van der Waals surface area contributed by atoms with Crippen molar-refractivity contribution in [2.45, 2.75) is 18.8 Å². The Morgan fingerprint density at radius 3 is 2.53 bits per heavy atom. The maximum Gasteiger partial charge on any atom is 0.267 e. The van der Waals surface area contributed by atoms with Gasteiger partial charge in [0.05, 0.1) is 13.0 Å². The van der Waals surface area contributed by atoms with E-state index in [4.69, 9.17) is 0 Å². The third-order valence-electron chi connectivity index (χ3n) is 2.79. The van der Waals surface area contributed by atoms with Gasteiger partial charge in [-0.3, -0.25) is 4.79 Å². The summed E-state index contributed by atoms with van der Waals surface area (Å²) in [4.78, 5) is 13.0. The molecule has 2 nitrogen and oxygen atoms in total. The molecule has 1 aliphatic rings. The fourth-order valence-electron chi connectivity index (χ4n) is 1.84. The summed E-state index contributed by atoms with van der Waals surface area (Å²) >= 11 is 2.18. The average molecular weight is 351 g/mol. The molecule has 0 atom stereocenters. The van der Waals surface area contributed by atoms with Gasteiger partial charge in [-0.15, -0.1) is 0 Å². The van der Waals surface area contributed by atoms with Gasteiger partial charge in [-0.1, -0.05) is 12.1 Å². The van der Waals surface area contributed by atoms with Crippen LogP contribution in [0, 0.1) is 3.57 Å². The number of hydrogen-bond acceptors (Lipinski definition) is 1. The molecule has 1 heterocycles. The van der Waals surface area contributed by atoms with Crippen LogP contribution in [0.15, 0.2) is 24.3 Å². The van der Waals surface area contributed by atoms with E-state index < -0.39 is 12.5 Å². The highest BCUT2D eigenvalue weighted by molar-refractivity contribution is 14.1. The first-order valence-corrected chi connectivity index (χ1v) is 6.44. The third-order valence-corrected chi connectivity index (χ3v) is 3.51. The van der Waals surface area contributed by atoms with Gasteiger partial charge in [0.1, 0.15) is 0 Å². The summed E-state index contributed by atoms with van der Waals surface area (Å²) < 4.78 is 27.0. The predicted octanol–water partition coefficient (Wildman–Crippen LogP) is 2.70. The summed E-state index contributed by atoms with van der Waals surface area (Å²) in [6, 6.07) is 7.52. The minimum Gasteiger partial charge on any atom is -0.336 e. The van der Waals surface area contributed by atoms with Gasteiger partial charge in [0.15, 0.2) is 0 Å². The molecule has 0 aromatic heterocycles. The molecule has 5 heteroatoms. The molecule has 2 rings (SSSR count). The normalized spacial score (nSPS) is 18.4. The number of benzene rings is 1. The predicted molar refractivity (Wildman–Crippen MR) is 69.0 cm³/mol. The standard InChI is InChI=1S/C12H12F2INO/c13-12(14)5-6-16(8-12)11(17)7-9-1-3-10(15)4-2-9/h1-4H,5-8H2. The summed E-state index contributed by atoms with van der Waals surface area (Å²) in [5, 5.41) is 0. The molecule has 1 fully saturated rings. The topological polar surface area (TPSA) is 20.3 Å². The van der Waals surface area contributed by atoms with Gasteiger partial charge < -0.3 is 4.90 Å². The summed E-state index contributed by atoms with van der Waals surface area (Å²) in [7, 11) is 0. The highest BCUT2D eigenvalue weighted by atomic mass is 127. The molecule has 0 aliphatic carbocycles. The van der Waals surface area contributed by atoms with Crippen molar-refractivity contribution in [1.82, 2.24) is 4.90 Å². The summed E-state index contributed by atoms with van der Waals surface area (Å²) in [6.07, 6.45) is -0.0154. The van der Waals surface area contributed by atoms with Crippen molar-refractivity contribution < 1.29 is 13.6 Å². The average Bonchev–Trinajstić information content (AvgIpc) is 2.62. The van der Waals surface area contributed by atoms with Gasteiger partial charge in [-0.05, 0) is 40.3 Å². The van der Waals surface area contributed by atoms with Crippen LogP contribution in [0.4, 0.5) is 8.78 Å². The van der Waals surface area contributed by atoms with Crippen LogP contribution in [0.3, 0.4) is 0 Å². The maximum absolute atomic E-state index is 13.0. The molecule has 1 aliphatic heterocycles. The largest absolute Gasteiger partial charge is 0.336 e. The van der Waals surface area contributed by atoms with Gasteiger partial charge in [0.25, 0.3) is 5.92 Å². The lowest BCUT2D eigenvalue weighted by Crippen LogP contribution is -2.32. The van der Waals surface area contributed by atoms with Crippen LogP contribution in [0.5, 0.6) is 0 Å². The van der Waals surface area contributed by atoms with Gasteiger partial charge in [0, 0.05) is 16.5 Å². The van der Waals surface area contributed by atoms with Crippen molar-refractivity contribution in [2.75, 3.05) is 13.1 Å². The molecule has 0 N–H and O–H groups in total. The van der Waals surface area contributed by atoms with Crippen molar-refractivity contribution in [3.05, 3.63) is 33.4 Å². The molecule has 0 saturated carbocycles. The molecule has 1 aromatic carbocycles. The number of hydrogen-bond donors (Lipinski definition) is 0. The van der Waals surface area contributed by atoms with Gasteiger partial charge in [-0.2, -0.15) is 0 Å². The fraction of sp³-hybridized carbons (Fsp3) is 0.417. The summed E-state index contributed by atoms with van der Waals surface area (Å²) in [5.74, 6) is -2.93. The minimum absolute atomic E-state index is 0.163. The van der Waals surface area contributed by atoms with Crippen molar-refractivity contribution >= 4 is 28.5 Å². The zero-order valence-corrected chi connectivity index (χ0v) is 11.3. The van der Waals surface area contributed by atoms with Crippen LogP contribution >= 0.6 is 22.6 Å². The zero-order chi connectivity index (χ0) is 12.5. The van der Waals surface area contributed by atoms with Gasteiger partial charge in [0.2, 0.25) is 5.91 Å². The Hall–Kier alpha value is -0.720. The van der Waals surface area contributed by atoms with Gasteiger partial charge in [-0.25, -0.2) is 8.78 Å². The SMILES string of the molecule is O=C(Cc1ccc(I)cc1)N1CCC(F)(F)C1. The lowest BCUT2D eigenvalue weighted by molar-refractivity contribution is -0.130. The lowest BCUT2D eigenvalue weighted by atomic mass is 10.1. The van der Waals surface area contributed by atoms with E-state index in [9.17, 15) is 13.6 Å². The smallest absolute Gasteiger partial charge is 0.267 e. The van der Waals surface area contributed by atoms with Crippen LogP contribution in [0.2, 0.25) is 0 Å². The fourth-order valence-corrected chi connectivity index (χ4v) is 2.20. The molecule has 0 spiro atoms. The van der Waals surface area contributed by atoms with Crippen LogP contribution in [0.1, 0.15) is 12.0 Å². The number of carbonyl (C=O) groups is 1. The van der Waals surface area contributed by atoms with Crippen molar-refractivity contribution in [3.63, 3.8) is 0 Å². The Morgan fingerprint density at radius 2 is 2.00 bits per heavy atom. The molecule has 0 radical (unpaired) electrons. The summed E-state index contributed by atoms with van der Waals surface area (Å²) in [5.41, 5.74) is 0.866. The highest BCUT2D eigenvalue weighted by Gasteiger charge is 2.39. The first-order chi connectivity index (χ1) is 7.96. The third kappa shape index (κ3) is 3.37. The Kier molecular flexibility index (Phi) is 3.65. The van der Waals surface area contributed by atoms with E-state index in [0.29, 0.717) is 0 Å². The number of carbonyl (C=O) groups excluding carboxylic acids is 1. The molecule has 17 heavy (non-hydrogen) atoms. The number of rotatable bonds is 2. The molecule has 1 amide bonds. The number of amides is 1. The van der Waals surface area contributed by atoms with E-state index in [0.717, 1.165) is 9.13 Å². The van der Waals surface area contributed by atoms with E-state index in [1.807, 2.05) is 24.3 Å². The maximum atomic E-state index is 13.0. The molecule has 0 unspecified atom stereocenters. The van der Waals surface area contributed by atoms with Crippen molar-refractivity contribution in [1.29, 1.82) is 0 Å². The van der Waals surface area contributed by atoms with E-state index in [2.05, 4.69) is 22.6 Å². The first kappa shape index (κ1) is 12.7. The van der Waals surface area contributed by atoms with Crippen molar-refractivity contribution in [3.8, 4) is 0 Å². The Balaban J connectivity index is 1.96. The number of alkyl halides is 2. The monoisotopic (exact) mass is 351 g/mol. The molecule has 1 saturated heterocycles. The molecular weight excluding hydrogens is 339 g/mol. The zero-order valence-electron chi connectivity index (χ0n) is 9.13.